The number of nitriles is 1. The van der Waals surface area contributed by atoms with E-state index in [4.69, 9.17) is 37.4 Å². The summed E-state index contributed by atoms with van der Waals surface area (Å²) in [5.41, 5.74) is 5.22. The van der Waals surface area contributed by atoms with E-state index in [2.05, 4.69) is 38.7 Å². The van der Waals surface area contributed by atoms with Crippen LogP contribution in [0.1, 0.15) is 79.4 Å². The number of piperidine rings is 1. The number of rotatable bonds is 15. The molecule has 3 aromatic carbocycles. The Labute approximate surface area is 332 Å². The van der Waals surface area contributed by atoms with Crippen molar-refractivity contribution >= 4 is 29.1 Å². The number of amides is 1. The number of carbonyl (C=O) groups is 1. The molecule has 0 bridgehead atoms. The first-order valence-corrected chi connectivity index (χ1v) is 19.8. The summed E-state index contributed by atoms with van der Waals surface area (Å²) in [5.74, 6) is 1.82. The van der Waals surface area contributed by atoms with Crippen molar-refractivity contribution in [3.8, 4) is 34.4 Å². The van der Waals surface area contributed by atoms with Gasteiger partial charge < -0.3 is 29.7 Å². The maximum atomic E-state index is 14.2. The number of nitrogens with zero attached hydrogens (tertiary/aromatic N) is 3. The summed E-state index contributed by atoms with van der Waals surface area (Å²) in [6.07, 6.45) is 7.83. The summed E-state index contributed by atoms with van der Waals surface area (Å²) in [7, 11) is 0. The van der Waals surface area contributed by atoms with E-state index in [0.29, 0.717) is 71.8 Å². The van der Waals surface area contributed by atoms with E-state index in [1.54, 1.807) is 19.2 Å². The number of alkyl halides is 1. The molecule has 288 valence electrons. The molecule has 1 aromatic heterocycles. The van der Waals surface area contributed by atoms with Gasteiger partial charge in [0.25, 0.3) is 0 Å². The number of hydrogen-bond donors (Lipinski definition) is 2. The molecule has 1 aliphatic carbocycles. The lowest BCUT2D eigenvalue weighted by atomic mass is 9.96. The number of likely N-dealkylation sites (tertiary alicyclic amines) is 1. The van der Waals surface area contributed by atoms with Crippen LogP contribution in [0, 0.1) is 11.3 Å². The van der Waals surface area contributed by atoms with Gasteiger partial charge in [-0.05, 0) is 80.3 Å². The Balaban J connectivity index is 1.04. The number of benzene rings is 3. The second-order valence-corrected chi connectivity index (χ2v) is 15.7. The van der Waals surface area contributed by atoms with Gasteiger partial charge in [0, 0.05) is 80.3 Å². The average molecular weight is 787 g/mol. The van der Waals surface area contributed by atoms with Gasteiger partial charge >= 0.3 is 0 Å². The Morgan fingerprint density at radius 3 is 2.64 bits per heavy atom. The van der Waals surface area contributed by atoms with Gasteiger partial charge in [-0.25, -0.2) is 4.39 Å². The molecular formula is C43H46Cl2FN5O4. The van der Waals surface area contributed by atoms with Gasteiger partial charge in [0.15, 0.2) is 0 Å². The minimum Gasteiger partial charge on any atom is -0.492 e. The highest BCUT2D eigenvalue weighted by atomic mass is 35.5. The van der Waals surface area contributed by atoms with Crippen molar-refractivity contribution < 1.29 is 23.4 Å². The van der Waals surface area contributed by atoms with Crippen LogP contribution < -0.4 is 24.8 Å². The second kappa shape index (κ2) is 17.6. The molecule has 2 fully saturated rings. The molecule has 2 aliphatic heterocycles. The predicted octanol–water partition coefficient (Wildman–Crippen LogP) is 8.53. The van der Waals surface area contributed by atoms with E-state index in [1.165, 1.54) is 11.8 Å². The molecular weight excluding hydrogens is 740 g/mol. The van der Waals surface area contributed by atoms with E-state index in [-0.39, 0.29) is 24.7 Å². The molecule has 3 aliphatic rings. The molecule has 3 heterocycles. The molecule has 0 saturated carbocycles. The number of nitrogens with one attached hydrogen (secondary N) is 2. The van der Waals surface area contributed by atoms with E-state index >= 15 is 0 Å². The van der Waals surface area contributed by atoms with Crippen molar-refractivity contribution in [2.24, 2.45) is 0 Å². The van der Waals surface area contributed by atoms with E-state index in [0.717, 1.165) is 73.1 Å². The normalized spacial score (nSPS) is 19.1. The third kappa shape index (κ3) is 9.71. The molecule has 4 aromatic rings. The molecule has 2 saturated heterocycles. The SMILES string of the molecule is CC1(F)CCN(CCCOc2cccc(-c3cccc4c3CC[C@@H]4Oc3cc(OCc4cncc(C#N)c4)c(CNC[C@H]4CCC(=O)N4)cc3Cl)c2Cl)CC1. The third-order valence-electron chi connectivity index (χ3n) is 10.7. The Kier molecular flexibility index (Phi) is 12.4. The zero-order valence-electron chi connectivity index (χ0n) is 31.0. The highest BCUT2D eigenvalue weighted by Gasteiger charge is 2.30. The zero-order chi connectivity index (χ0) is 38.4. The van der Waals surface area contributed by atoms with Gasteiger partial charge in [-0.15, -0.1) is 0 Å². The van der Waals surface area contributed by atoms with Crippen molar-refractivity contribution in [3.05, 3.63) is 105 Å². The number of aromatic nitrogens is 1. The minimum atomic E-state index is -1.05. The van der Waals surface area contributed by atoms with E-state index in [9.17, 15) is 14.4 Å². The van der Waals surface area contributed by atoms with Crippen molar-refractivity contribution in [1.29, 1.82) is 5.26 Å². The summed E-state index contributed by atoms with van der Waals surface area (Å²) in [5, 5.41) is 16.8. The fourth-order valence-electron chi connectivity index (χ4n) is 7.63. The summed E-state index contributed by atoms with van der Waals surface area (Å²) < 4.78 is 33.4. The third-order valence-corrected chi connectivity index (χ3v) is 11.4. The number of ether oxygens (including phenoxy) is 3. The highest BCUT2D eigenvalue weighted by molar-refractivity contribution is 6.35. The van der Waals surface area contributed by atoms with Crippen molar-refractivity contribution in [3.63, 3.8) is 0 Å². The summed E-state index contributed by atoms with van der Waals surface area (Å²) in [6, 6.07) is 19.8. The van der Waals surface area contributed by atoms with Gasteiger partial charge in [-0.3, -0.25) is 9.78 Å². The van der Waals surface area contributed by atoms with Gasteiger partial charge in [-0.2, -0.15) is 5.26 Å². The number of hydrogen-bond acceptors (Lipinski definition) is 8. The van der Waals surface area contributed by atoms with Crippen molar-refractivity contribution in [2.45, 2.75) is 82.8 Å². The lowest BCUT2D eigenvalue weighted by Gasteiger charge is -2.34. The second-order valence-electron chi connectivity index (χ2n) is 14.9. The number of pyridine rings is 1. The van der Waals surface area contributed by atoms with Crippen LogP contribution in [0.5, 0.6) is 17.2 Å². The average Bonchev–Trinajstić information content (AvgIpc) is 3.80. The molecule has 9 nitrogen and oxygen atoms in total. The molecule has 55 heavy (non-hydrogen) atoms. The standard InChI is InChI=1S/C43H46Cl2FN5O4/c1-43(46)13-16-51(17-14-43)15-4-18-53-38-8-3-7-35(42(38)45)32-5-2-6-34-33(32)10-11-37(34)55-40-21-39(54-27-29-19-28(22-47)23-48-24-29)30(20-36(40)44)25-49-26-31-9-12-41(52)50-31/h2-3,5-8,19-21,23-24,31,37,49H,4,9-18,25-27H2,1H3,(H,50,52)/t31-,37+/m1/s1. The minimum absolute atomic E-state index is 0.0733. The molecule has 7 rings (SSSR count). The maximum absolute atomic E-state index is 14.2. The van der Waals surface area contributed by atoms with Crippen LogP contribution in [-0.4, -0.2) is 60.3 Å². The summed E-state index contributed by atoms with van der Waals surface area (Å²) in [6.45, 7) is 5.93. The number of carbonyl (C=O) groups excluding carboxylic acids is 1. The molecule has 12 heteroatoms. The van der Waals surface area contributed by atoms with Crippen molar-refractivity contribution in [1.82, 2.24) is 20.5 Å². The first kappa shape index (κ1) is 38.9. The Bertz CT molecular complexity index is 2050. The molecule has 2 N–H and O–H groups in total. The van der Waals surface area contributed by atoms with E-state index < -0.39 is 5.67 Å². The lowest BCUT2D eigenvalue weighted by molar-refractivity contribution is -0.119. The molecule has 0 radical (unpaired) electrons. The topological polar surface area (TPSA) is 109 Å². The maximum Gasteiger partial charge on any atom is 0.220 e. The number of fused-ring (bicyclic) bond motifs is 1. The van der Waals surface area contributed by atoms with Crippen LogP contribution in [0.15, 0.2) is 67.0 Å². The van der Waals surface area contributed by atoms with Gasteiger partial charge in [0.1, 0.15) is 41.7 Å². The van der Waals surface area contributed by atoms with Crippen LogP contribution in [0.2, 0.25) is 10.0 Å². The lowest BCUT2D eigenvalue weighted by Crippen LogP contribution is -2.40. The van der Waals surface area contributed by atoms with Crippen molar-refractivity contribution in [2.75, 3.05) is 32.8 Å². The Hall–Kier alpha value is -4.40. The van der Waals surface area contributed by atoms with Gasteiger partial charge in [0.05, 0.1) is 22.2 Å². The molecule has 2 atom stereocenters. The fourth-order valence-corrected chi connectivity index (χ4v) is 8.14. The quantitative estimate of drug-likeness (QED) is 0.116. The molecule has 0 unspecified atom stereocenters. The van der Waals surface area contributed by atoms with Gasteiger partial charge in [-0.1, -0.05) is 53.5 Å². The van der Waals surface area contributed by atoms with Crippen LogP contribution in [0.25, 0.3) is 11.1 Å². The predicted molar refractivity (Wildman–Crippen MR) is 211 cm³/mol. The van der Waals surface area contributed by atoms with Gasteiger partial charge in [0.2, 0.25) is 5.91 Å². The summed E-state index contributed by atoms with van der Waals surface area (Å²) in [4.78, 5) is 18.2. The Morgan fingerprint density at radius 1 is 1.02 bits per heavy atom. The summed E-state index contributed by atoms with van der Waals surface area (Å²) >= 11 is 13.9. The Morgan fingerprint density at radius 2 is 1.84 bits per heavy atom. The zero-order valence-corrected chi connectivity index (χ0v) is 32.5. The number of halogens is 3. The molecule has 1 amide bonds. The van der Waals surface area contributed by atoms with Crippen LogP contribution >= 0.6 is 23.2 Å². The largest absolute Gasteiger partial charge is 0.492 e. The fraction of sp³-hybridized carbons (Fsp3) is 0.419. The van der Waals surface area contributed by atoms with E-state index in [1.807, 2.05) is 36.4 Å². The smallest absolute Gasteiger partial charge is 0.220 e. The highest BCUT2D eigenvalue weighted by Crippen LogP contribution is 2.45. The molecule has 0 spiro atoms. The van der Waals surface area contributed by atoms with Crippen LogP contribution in [0.4, 0.5) is 4.39 Å². The first-order valence-electron chi connectivity index (χ1n) is 19.1. The van der Waals surface area contributed by atoms with Crippen LogP contribution in [0.3, 0.4) is 0 Å². The monoisotopic (exact) mass is 785 g/mol. The van der Waals surface area contributed by atoms with Crippen LogP contribution in [-0.2, 0) is 24.4 Å². The first-order chi connectivity index (χ1) is 26.7.